The van der Waals surface area contributed by atoms with Crippen LogP contribution in [0.2, 0.25) is 5.02 Å². The zero-order valence-electron chi connectivity index (χ0n) is 18.5. The van der Waals surface area contributed by atoms with Gasteiger partial charge in [0.2, 0.25) is 0 Å². The molecule has 0 saturated carbocycles. The average molecular weight is 459 g/mol. The molecule has 4 rings (SSSR count). The maximum Gasteiger partial charge on any atom is 0.251 e. The molecule has 0 spiro atoms. The highest BCUT2D eigenvalue weighted by atomic mass is 35.5. The van der Waals surface area contributed by atoms with Crippen molar-refractivity contribution in [2.75, 3.05) is 37.6 Å². The molecule has 6 heteroatoms. The van der Waals surface area contributed by atoms with E-state index in [2.05, 4.69) is 33.3 Å². The fourth-order valence-corrected chi connectivity index (χ4v) is 4.26. The van der Waals surface area contributed by atoms with Gasteiger partial charge in [-0.25, -0.2) is 0 Å². The highest BCUT2D eigenvalue weighted by molar-refractivity contribution is 6.30. The van der Waals surface area contributed by atoms with Gasteiger partial charge in [-0.3, -0.25) is 9.69 Å². The Morgan fingerprint density at radius 2 is 1.61 bits per heavy atom. The lowest BCUT2D eigenvalue weighted by atomic mass is 10.0. The topological polar surface area (TPSA) is 59.4 Å². The number of nitrogens with zero attached hydrogens (tertiary/aromatic N) is 3. The summed E-state index contributed by atoms with van der Waals surface area (Å²) in [5, 5.41) is 12.8. The second-order valence-corrected chi connectivity index (χ2v) is 8.66. The van der Waals surface area contributed by atoms with Gasteiger partial charge in [-0.1, -0.05) is 41.9 Å². The van der Waals surface area contributed by atoms with Crippen molar-refractivity contribution in [2.45, 2.75) is 12.5 Å². The smallest absolute Gasteiger partial charge is 0.251 e. The van der Waals surface area contributed by atoms with E-state index < -0.39 is 0 Å². The molecule has 3 aromatic rings. The molecule has 0 aliphatic carbocycles. The highest BCUT2D eigenvalue weighted by Crippen LogP contribution is 2.21. The Hall–Kier alpha value is -3.33. The molecule has 5 nitrogen and oxygen atoms in total. The van der Waals surface area contributed by atoms with E-state index in [-0.39, 0.29) is 11.9 Å². The molecule has 1 aliphatic rings. The Kier molecular flexibility index (Phi) is 7.62. The number of hydrogen-bond acceptors (Lipinski definition) is 4. The van der Waals surface area contributed by atoms with E-state index in [9.17, 15) is 4.79 Å². The Labute approximate surface area is 200 Å². The van der Waals surface area contributed by atoms with Gasteiger partial charge in [-0.15, -0.1) is 0 Å². The van der Waals surface area contributed by atoms with E-state index in [1.54, 1.807) is 24.3 Å². The summed E-state index contributed by atoms with van der Waals surface area (Å²) >= 11 is 5.96. The number of carbonyl (C=O) groups is 1. The summed E-state index contributed by atoms with van der Waals surface area (Å²) in [7, 11) is 0. The second-order valence-electron chi connectivity index (χ2n) is 8.22. The number of piperazine rings is 1. The summed E-state index contributed by atoms with van der Waals surface area (Å²) in [6.45, 7) is 4.72. The molecule has 1 amide bonds. The normalized spacial score (nSPS) is 15.0. The van der Waals surface area contributed by atoms with Crippen LogP contribution in [0.4, 0.5) is 5.69 Å². The van der Waals surface area contributed by atoms with E-state index in [1.165, 1.54) is 0 Å². The van der Waals surface area contributed by atoms with Crippen LogP contribution >= 0.6 is 11.6 Å². The molecule has 0 bridgehead atoms. The van der Waals surface area contributed by atoms with Crippen molar-refractivity contribution in [3.63, 3.8) is 0 Å². The average Bonchev–Trinajstić information content (AvgIpc) is 2.87. The van der Waals surface area contributed by atoms with Crippen LogP contribution in [0.3, 0.4) is 0 Å². The van der Waals surface area contributed by atoms with Crippen LogP contribution in [0.15, 0.2) is 78.9 Å². The predicted molar refractivity (Wildman–Crippen MR) is 133 cm³/mol. The molecule has 1 fully saturated rings. The molecule has 1 unspecified atom stereocenters. The van der Waals surface area contributed by atoms with Crippen LogP contribution in [0.25, 0.3) is 0 Å². The molecule has 1 heterocycles. The second kappa shape index (κ2) is 11.0. The van der Waals surface area contributed by atoms with Gasteiger partial charge < -0.3 is 10.2 Å². The van der Waals surface area contributed by atoms with Crippen molar-refractivity contribution in [1.29, 1.82) is 5.26 Å². The highest BCUT2D eigenvalue weighted by Gasteiger charge is 2.21. The zero-order valence-corrected chi connectivity index (χ0v) is 19.2. The summed E-state index contributed by atoms with van der Waals surface area (Å²) < 4.78 is 0. The zero-order chi connectivity index (χ0) is 23.0. The molecular formula is C27H27ClN4O. The minimum Gasteiger partial charge on any atom is -0.369 e. The van der Waals surface area contributed by atoms with E-state index in [0.29, 0.717) is 16.1 Å². The van der Waals surface area contributed by atoms with Crippen molar-refractivity contribution in [3.8, 4) is 6.07 Å². The number of benzene rings is 3. The maximum atomic E-state index is 12.8. The third kappa shape index (κ3) is 6.13. The molecule has 3 aromatic carbocycles. The van der Waals surface area contributed by atoms with Crippen molar-refractivity contribution < 1.29 is 4.79 Å². The molecule has 33 heavy (non-hydrogen) atoms. The summed E-state index contributed by atoms with van der Waals surface area (Å²) in [6, 6.07) is 27.0. The van der Waals surface area contributed by atoms with Gasteiger partial charge in [0.15, 0.2) is 0 Å². The summed E-state index contributed by atoms with van der Waals surface area (Å²) in [4.78, 5) is 17.6. The van der Waals surface area contributed by atoms with Gasteiger partial charge in [0.25, 0.3) is 5.91 Å². The maximum absolute atomic E-state index is 12.8. The molecule has 1 atom stereocenters. The standard InChI is InChI=1S/C27H27ClN4O/c28-24-10-8-23(9-11-24)27(33)30-26(22-4-2-1-3-5-22)14-15-31-16-18-32(19-17-31)25-12-6-21(20-29)7-13-25/h1-13,26H,14-19H2,(H,30,33). The van der Waals surface area contributed by atoms with Crippen molar-refractivity contribution >= 4 is 23.2 Å². The third-order valence-electron chi connectivity index (χ3n) is 6.08. The fourth-order valence-electron chi connectivity index (χ4n) is 4.14. The van der Waals surface area contributed by atoms with Crippen LogP contribution in [-0.2, 0) is 0 Å². The molecule has 168 valence electrons. The fraction of sp³-hybridized carbons (Fsp3) is 0.259. The number of halogens is 1. The van der Waals surface area contributed by atoms with Crippen LogP contribution in [0.1, 0.15) is 33.9 Å². The van der Waals surface area contributed by atoms with Gasteiger partial charge in [0, 0.05) is 49.0 Å². The number of anilines is 1. The van der Waals surface area contributed by atoms with Crippen molar-refractivity contribution in [1.82, 2.24) is 10.2 Å². The largest absolute Gasteiger partial charge is 0.369 e. The Bertz CT molecular complexity index is 1090. The van der Waals surface area contributed by atoms with Gasteiger partial charge in [-0.05, 0) is 60.5 Å². The first-order valence-electron chi connectivity index (χ1n) is 11.2. The van der Waals surface area contributed by atoms with E-state index in [4.69, 9.17) is 16.9 Å². The predicted octanol–water partition coefficient (Wildman–Crippen LogP) is 4.90. The number of carbonyl (C=O) groups excluding carboxylic acids is 1. The number of rotatable bonds is 7. The minimum absolute atomic E-state index is 0.0640. The Morgan fingerprint density at radius 1 is 0.939 bits per heavy atom. The number of hydrogen-bond donors (Lipinski definition) is 1. The molecule has 1 N–H and O–H groups in total. The van der Waals surface area contributed by atoms with Gasteiger partial charge in [0.1, 0.15) is 0 Å². The van der Waals surface area contributed by atoms with Crippen molar-refractivity contribution in [3.05, 3.63) is 101 Å². The minimum atomic E-state index is -0.0915. The monoisotopic (exact) mass is 458 g/mol. The quantitative estimate of drug-likeness (QED) is 0.547. The van der Waals surface area contributed by atoms with Crippen molar-refractivity contribution in [2.24, 2.45) is 0 Å². The molecule has 0 aromatic heterocycles. The third-order valence-corrected chi connectivity index (χ3v) is 6.33. The lowest BCUT2D eigenvalue weighted by molar-refractivity contribution is 0.0931. The van der Waals surface area contributed by atoms with Gasteiger partial charge in [0.05, 0.1) is 17.7 Å². The van der Waals surface area contributed by atoms with Gasteiger partial charge in [-0.2, -0.15) is 5.26 Å². The Balaban J connectivity index is 1.34. The van der Waals surface area contributed by atoms with Crippen LogP contribution in [0.5, 0.6) is 0 Å². The first-order valence-corrected chi connectivity index (χ1v) is 11.6. The summed E-state index contributed by atoms with van der Waals surface area (Å²) in [6.07, 6.45) is 0.834. The molecule has 0 radical (unpaired) electrons. The number of nitrogens with one attached hydrogen (secondary N) is 1. The number of nitriles is 1. The van der Waals surface area contributed by atoms with E-state index in [0.717, 1.165) is 50.4 Å². The molecule has 1 aliphatic heterocycles. The molecular weight excluding hydrogens is 432 g/mol. The lowest BCUT2D eigenvalue weighted by Crippen LogP contribution is -2.47. The summed E-state index contributed by atoms with van der Waals surface area (Å²) in [5.74, 6) is -0.0915. The summed E-state index contributed by atoms with van der Waals surface area (Å²) in [5.41, 5.74) is 3.56. The van der Waals surface area contributed by atoms with Crippen LogP contribution in [-0.4, -0.2) is 43.5 Å². The van der Waals surface area contributed by atoms with Crippen LogP contribution in [0, 0.1) is 11.3 Å². The van der Waals surface area contributed by atoms with E-state index >= 15 is 0 Å². The first-order chi connectivity index (χ1) is 16.1. The number of amides is 1. The Morgan fingerprint density at radius 3 is 2.24 bits per heavy atom. The van der Waals surface area contributed by atoms with E-state index in [1.807, 2.05) is 42.5 Å². The lowest BCUT2D eigenvalue weighted by Gasteiger charge is -2.36. The van der Waals surface area contributed by atoms with Crippen LogP contribution < -0.4 is 10.2 Å². The SMILES string of the molecule is N#Cc1ccc(N2CCN(CCC(NC(=O)c3ccc(Cl)cc3)c3ccccc3)CC2)cc1. The molecule has 1 saturated heterocycles. The van der Waals surface area contributed by atoms with Gasteiger partial charge >= 0.3 is 0 Å². The first kappa shape index (κ1) is 22.8.